The van der Waals surface area contributed by atoms with Gasteiger partial charge in [0.25, 0.3) is 11.7 Å². The van der Waals surface area contributed by atoms with Crippen molar-refractivity contribution in [1.29, 1.82) is 0 Å². The fourth-order valence-corrected chi connectivity index (χ4v) is 3.71. The predicted octanol–water partition coefficient (Wildman–Crippen LogP) is 3.25. The Labute approximate surface area is 128 Å². The number of amides is 1. The van der Waals surface area contributed by atoms with Crippen LogP contribution in [0.25, 0.3) is 0 Å². The molecule has 6 heteroatoms. The highest BCUT2D eigenvalue weighted by Crippen LogP contribution is 2.37. The van der Waals surface area contributed by atoms with Crippen molar-refractivity contribution in [1.82, 2.24) is 4.98 Å². The molecular weight excluding hydrogens is 340 g/mol. The summed E-state index contributed by atoms with van der Waals surface area (Å²) in [5.41, 5.74) is 2.07. The fraction of sp³-hybridized carbons (Fsp3) is 0.214. The Morgan fingerprint density at radius 2 is 2.05 bits per heavy atom. The smallest absolute Gasteiger partial charge is 0.297 e. The maximum Gasteiger partial charge on any atom is 0.299 e. The van der Waals surface area contributed by atoms with Crippen molar-refractivity contribution >= 4 is 44.6 Å². The van der Waals surface area contributed by atoms with Crippen LogP contribution in [-0.4, -0.2) is 16.7 Å². The largest absolute Gasteiger partial charge is 0.299 e. The van der Waals surface area contributed by atoms with E-state index in [-0.39, 0.29) is 0 Å². The second kappa shape index (κ2) is 4.79. The monoisotopic (exact) mass is 350 g/mol. The summed E-state index contributed by atoms with van der Waals surface area (Å²) in [6.45, 7) is 4.27. The number of aromatic nitrogens is 1. The van der Waals surface area contributed by atoms with Crippen LogP contribution in [0.4, 0.5) is 5.69 Å². The number of hydrogen-bond donors (Lipinski definition) is 0. The Balaban J connectivity index is 2.03. The normalized spacial score (nSPS) is 14.1. The third-order valence-electron chi connectivity index (χ3n) is 3.31. The molecule has 0 atom stereocenters. The summed E-state index contributed by atoms with van der Waals surface area (Å²) in [6.07, 6.45) is 0. The molecule has 0 bridgehead atoms. The number of benzene rings is 1. The standard InChI is InChI=1S/C14H11BrN2O2S/c1-7-8(2)20-11(16-7)6-17-12-9(13(18)14(17)19)4-3-5-10(12)15/h3-5H,6H2,1-2H3. The van der Waals surface area contributed by atoms with Crippen LogP contribution in [0.3, 0.4) is 0 Å². The minimum Gasteiger partial charge on any atom is -0.297 e. The minimum absolute atomic E-state index is 0.333. The summed E-state index contributed by atoms with van der Waals surface area (Å²) in [5.74, 6) is -0.941. The SMILES string of the molecule is Cc1nc(CN2C(=O)C(=O)c3cccc(Br)c32)sc1C. The molecule has 1 amide bonds. The second-order valence-corrected chi connectivity index (χ2v) is 6.75. The van der Waals surface area contributed by atoms with Gasteiger partial charge in [0.05, 0.1) is 23.5 Å². The zero-order valence-electron chi connectivity index (χ0n) is 10.9. The maximum absolute atomic E-state index is 12.1. The molecule has 0 saturated heterocycles. The highest BCUT2D eigenvalue weighted by Gasteiger charge is 2.37. The number of nitrogens with zero attached hydrogens (tertiary/aromatic N) is 2. The van der Waals surface area contributed by atoms with E-state index in [1.807, 2.05) is 19.9 Å². The highest BCUT2D eigenvalue weighted by atomic mass is 79.9. The van der Waals surface area contributed by atoms with Crippen molar-refractivity contribution in [3.05, 3.63) is 43.8 Å². The van der Waals surface area contributed by atoms with Gasteiger partial charge in [-0.05, 0) is 41.9 Å². The number of carbonyl (C=O) groups excluding carboxylic acids is 2. The maximum atomic E-state index is 12.1. The molecule has 1 aliphatic rings. The fourth-order valence-electron chi connectivity index (χ4n) is 2.21. The summed E-state index contributed by atoms with van der Waals surface area (Å²) in [4.78, 5) is 31.2. The van der Waals surface area contributed by atoms with E-state index in [9.17, 15) is 9.59 Å². The molecule has 20 heavy (non-hydrogen) atoms. The van der Waals surface area contributed by atoms with Crippen LogP contribution in [0.1, 0.15) is 25.9 Å². The molecule has 0 aliphatic carbocycles. The quantitative estimate of drug-likeness (QED) is 0.781. The Hall–Kier alpha value is -1.53. The molecule has 102 valence electrons. The van der Waals surface area contributed by atoms with Crippen LogP contribution in [0.15, 0.2) is 22.7 Å². The Bertz CT molecular complexity index is 719. The van der Waals surface area contributed by atoms with Crippen molar-refractivity contribution in [3.63, 3.8) is 0 Å². The van der Waals surface area contributed by atoms with Gasteiger partial charge >= 0.3 is 0 Å². The molecule has 0 saturated carbocycles. The molecule has 2 aromatic rings. The van der Waals surface area contributed by atoms with Gasteiger partial charge < -0.3 is 0 Å². The van der Waals surface area contributed by atoms with Crippen molar-refractivity contribution in [2.75, 3.05) is 4.90 Å². The van der Waals surface area contributed by atoms with E-state index in [1.54, 1.807) is 23.5 Å². The van der Waals surface area contributed by atoms with Gasteiger partial charge in [-0.1, -0.05) is 6.07 Å². The van der Waals surface area contributed by atoms with Crippen molar-refractivity contribution in [3.8, 4) is 0 Å². The highest BCUT2D eigenvalue weighted by molar-refractivity contribution is 9.10. The lowest BCUT2D eigenvalue weighted by atomic mass is 10.1. The van der Waals surface area contributed by atoms with Crippen molar-refractivity contribution in [2.45, 2.75) is 20.4 Å². The molecule has 4 nitrogen and oxygen atoms in total. The topological polar surface area (TPSA) is 50.3 Å². The summed E-state index contributed by atoms with van der Waals surface area (Å²) in [7, 11) is 0. The predicted molar refractivity (Wildman–Crippen MR) is 81.3 cm³/mol. The van der Waals surface area contributed by atoms with Gasteiger partial charge in [-0.25, -0.2) is 4.98 Å². The van der Waals surface area contributed by atoms with Gasteiger partial charge in [-0.15, -0.1) is 11.3 Å². The number of Topliss-reactive ketones (excluding diaryl/α,β-unsaturated/α-hetero) is 1. The molecule has 3 rings (SSSR count). The Morgan fingerprint density at radius 3 is 2.70 bits per heavy atom. The summed E-state index contributed by atoms with van der Waals surface area (Å²) in [5, 5.41) is 0.838. The molecule has 0 N–H and O–H groups in total. The first-order valence-corrected chi connectivity index (χ1v) is 7.67. The Kier molecular flexibility index (Phi) is 3.22. The molecule has 1 aromatic heterocycles. The van der Waals surface area contributed by atoms with Gasteiger partial charge in [0.2, 0.25) is 0 Å². The zero-order valence-corrected chi connectivity index (χ0v) is 13.3. The van der Waals surface area contributed by atoms with Crippen molar-refractivity contribution in [2.24, 2.45) is 0 Å². The summed E-state index contributed by atoms with van der Waals surface area (Å²) in [6, 6.07) is 5.27. The van der Waals surface area contributed by atoms with E-state index < -0.39 is 11.7 Å². The molecule has 0 radical (unpaired) electrons. The third-order valence-corrected chi connectivity index (χ3v) is 5.00. The van der Waals surface area contributed by atoms with Crippen LogP contribution < -0.4 is 4.90 Å². The lowest BCUT2D eigenvalue weighted by Gasteiger charge is -2.16. The number of ketones is 1. The van der Waals surface area contributed by atoms with Gasteiger partial charge in [-0.2, -0.15) is 0 Å². The average molecular weight is 351 g/mol. The number of para-hydroxylation sites is 1. The van der Waals surface area contributed by atoms with Crippen molar-refractivity contribution < 1.29 is 9.59 Å². The van der Waals surface area contributed by atoms with E-state index in [2.05, 4.69) is 20.9 Å². The van der Waals surface area contributed by atoms with E-state index in [4.69, 9.17) is 0 Å². The number of hydrogen-bond acceptors (Lipinski definition) is 4. The second-order valence-electron chi connectivity index (χ2n) is 4.61. The lowest BCUT2D eigenvalue weighted by molar-refractivity contribution is -0.114. The van der Waals surface area contributed by atoms with Crippen LogP contribution in [-0.2, 0) is 11.3 Å². The van der Waals surface area contributed by atoms with E-state index >= 15 is 0 Å². The number of carbonyl (C=O) groups is 2. The van der Waals surface area contributed by atoms with E-state index in [1.165, 1.54) is 4.90 Å². The van der Waals surface area contributed by atoms with Crippen LogP contribution in [0, 0.1) is 13.8 Å². The molecule has 0 fully saturated rings. The van der Waals surface area contributed by atoms with Gasteiger partial charge in [0.15, 0.2) is 0 Å². The van der Waals surface area contributed by atoms with Gasteiger partial charge in [0.1, 0.15) is 5.01 Å². The summed E-state index contributed by atoms with van der Waals surface area (Å²) >= 11 is 4.97. The van der Waals surface area contributed by atoms with E-state index in [0.717, 1.165) is 20.1 Å². The van der Waals surface area contributed by atoms with E-state index in [0.29, 0.717) is 17.8 Å². The minimum atomic E-state index is -0.489. The first-order chi connectivity index (χ1) is 9.49. The summed E-state index contributed by atoms with van der Waals surface area (Å²) < 4.78 is 0.749. The zero-order chi connectivity index (χ0) is 14.4. The number of anilines is 1. The molecule has 1 aliphatic heterocycles. The first-order valence-electron chi connectivity index (χ1n) is 6.06. The number of rotatable bonds is 2. The first kappa shape index (κ1) is 13.5. The van der Waals surface area contributed by atoms with Crippen LogP contribution in [0.5, 0.6) is 0 Å². The average Bonchev–Trinajstić information content (AvgIpc) is 2.84. The number of halogens is 1. The molecule has 0 unspecified atom stereocenters. The van der Waals surface area contributed by atoms with Gasteiger partial charge in [0, 0.05) is 9.35 Å². The molecular formula is C14H11BrN2O2S. The number of aryl methyl sites for hydroxylation is 2. The lowest BCUT2D eigenvalue weighted by Crippen LogP contribution is -2.29. The molecule has 1 aromatic carbocycles. The molecule has 2 heterocycles. The Morgan fingerprint density at radius 1 is 1.30 bits per heavy atom. The van der Waals surface area contributed by atoms with Crippen LogP contribution >= 0.6 is 27.3 Å². The van der Waals surface area contributed by atoms with Gasteiger partial charge in [-0.3, -0.25) is 14.5 Å². The molecule has 0 spiro atoms. The van der Waals surface area contributed by atoms with Crippen LogP contribution in [0.2, 0.25) is 0 Å². The third kappa shape index (κ3) is 1.99. The number of fused-ring (bicyclic) bond motifs is 1. The number of thiazole rings is 1.